The third-order valence-corrected chi connectivity index (χ3v) is 7.14. The Morgan fingerprint density at radius 2 is 2.09 bits per heavy atom. The van der Waals surface area contributed by atoms with Gasteiger partial charge in [-0.1, -0.05) is 30.8 Å². The van der Waals surface area contributed by atoms with Gasteiger partial charge >= 0.3 is 5.97 Å². The minimum atomic E-state index is -0.595. The van der Waals surface area contributed by atoms with E-state index in [1.54, 1.807) is 20.3 Å². The molecule has 1 amide bonds. The van der Waals surface area contributed by atoms with Gasteiger partial charge in [-0.3, -0.25) is 4.79 Å². The van der Waals surface area contributed by atoms with Gasteiger partial charge in [0.25, 0.3) is 0 Å². The number of nitrogens with zero attached hydrogens (tertiary/aromatic N) is 2. The van der Waals surface area contributed by atoms with E-state index in [9.17, 15) is 9.59 Å². The number of para-hydroxylation sites is 1. The predicted molar refractivity (Wildman–Crippen MR) is 133 cm³/mol. The van der Waals surface area contributed by atoms with Crippen molar-refractivity contribution in [2.75, 3.05) is 34.5 Å². The maximum atomic E-state index is 13.1. The van der Waals surface area contributed by atoms with Gasteiger partial charge in [-0.2, -0.15) is 0 Å². The van der Waals surface area contributed by atoms with Crippen molar-refractivity contribution < 1.29 is 28.5 Å². The van der Waals surface area contributed by atoms with Crippen molar-refractivity contribution in [3.63, 3.8) is 0 Å². The summed E-state index contributed by atoms with van der Waals surface area (Å²) >= 11 is 1.43. The van der Waals surface area contributed by atoms with Crippen LogP contribution >= 0.6 is 11.8 Å². The molecule has 0 saturated carbocycles. The Morgan fingerprint density at radius 3 is 2.74 bits per heavy atom. The topological polar surface area (TPSA) is 98.7 Å². The molecular formula is C25H31N3O6S. The van der Waals surface area contributed by atoms with Crippen LogP contribution in [0.15, 0.2) is 45.6 Å². The van der Waals surface area contributed by atoms with E-state index in [2.05, 4.69) is 5.32 Å². The van der Waals surface area contributed by atoms with Gasteiger partial charge in [-0.25, -0.2) is 9.79 Å². The van der Waals surface area contributed by atoms with Crippen molar-refractivity contribution in [3.05, 3.63) is 46.1 Å². The molecule has 0 unspecified atom stereocenters. The summed E-state index contributed by atoms with van der Waals surface area (Å²) in [4.78, 5) is 32.6. The summed E-state index contributed by atoms with van der Waals surface area (Å²) in [7, 11) is 4.49. The van der Waals surface area contributed by atoms with Crippen LogP contribution < -0.4 is 14.8 Å². The molecule has 2 atom stereocenters. The summed E-state index contributed by atoms with van der Waals surface area (Å²) < 4.78 is 22.0. The van der Waals surface area contributed by atoms with Gasteiger partial charge in [0.15, 0.2) is 16.7 Å². The molecule has 0 aliphatic carbocycles. The molecule has 10 heteroatoms. The third-order valence-electron chi connectivity index (χ3n) is 6.25. The zero-order valence-electron chi connectivity index (χ0n) is 20.5. The van der Waals surface area contributed by atoms with Crippen LogP contribution in [0.2, 0.25) is 0 Å². The number of methoxy groups -OCH3 is 3. The Bertz CT molecular complexity index is 1080. The maximum absolute atomic E-state index is 13.1. The molecule has 0 radical (unpaired) electrons. The van der Waals surface area contributed by atoms with E-state index in [0.717, 1.165) is 30.7 Å². The number of rotatable bonds is 9. The maximum Gasteiger partial charge on any atom is 0.338 e. The van der Waals surface area contributed by atoms with Crippen molar-refractivity contribution in [1.82, 2.24) is 10.2 Å². The highest BCUT2D eigenvalue weighted by Gasteiger charge is 2.43. The quantitative estimate of drug-likeness (QED) is 0.513. The molecule has 1 N–H and O–H groups in total. The molecule has 4 rings (SSSR count). The first kappa shape index (κ1) is 25.1. The van der Waals surface area contributed by atoms with Crippen LogP contribution in [-0.4, -0.2) is 62.5 Å². The van der Waals surface area contributed by atoms with Crippen LogP contribution in [0.5, 0.6) is 11.5 Å². The zero-order chi connectivity index (χ0) is 24.9. The molecule has 35 heavy (non-hydrogen) atoms. The fourth-order valence-corrected chi connectivity index (χ4v) is 5.53. The molecule has 1 fully saturated rings. The van der Waals surface area contributed by atoms with E-state index in [4.69, 9.17) is 23.9 Å². The number of thioether (sulfide) groups is 1. The number of hydrogen-bond donors (Lipinski definition) is 1. The standard InChI is InChI=1S/C25H31N3O6S/c1-5-18-21(24(30)33-4)22(17-9-6-10-19(31-2)23(17)32-3)28-15(14-35-25(28)27-18)12-20(29)26-13-16-8-7-11-34-16/h6,9-10,14,16,22H,5,7-8,11-13H2,1-4H3,(H,26,29)/t16-,22+/m0/s1. The Kier molecular flexibility index (Phi) is 8.02. The number of carbonyl (C=O) groups excluding carboxylic acids is 2. The highest BCUT2D eigenvalue weighted by molar-refractivity contribution is 8.16. The van der Waals surface area contributed by atoms with Crippen LogP contribution in [0.1, 0.15) is 44.2 Å². The molecule has 3 heterocycles. The lowest BCUT2D eigenvalue weighted by atomic mass is 9.92. The molecule has 1 saturated heterocycles. The van der Waals surface area contributed by atoms with E-state index >= 15 is 0 Å². The number of aliphatic imine (C=N–C) groups is 1. The second-order valence-electron chi connectivity index (χ2n) is 8.30. The number of ether oxygens (including phenoxy) is 4. The van der Waals surface area contributed by atoms with Gasteiger partial charge in [-0.15, -0.1) is 0 Å². The summed E-state index contributed by atoms with van der Waals surface area (Å²) in [6.07, 6.45) is 2.71. The lowest BCUT2D eigenvalue weighted by Gasteiger charge is -2.37. The minimum Gasteiger partial charge on any atom is -0.493 e. The highest BCUT2D eigenvalue weighted by atomic mass is 32.2. The van der Waals surface area contributed by atoms with Gasteiger partial charge < -0.3 is 29.2 Å². The number of carbonyl (C=O) groups is 2. The first-order valence-corrected chi connectivity index (χ1v) is 12.5. The van der Waals surface area contributed by atoms with Crippen molar-refractivity contribution in [2.24, 2.45) is 4.99 Å². The number of hydrogen-bond acceptors (Lipinski definition) is 9. The summed E-state index contributed by atoms with van der Waals surface area (Å²) in [5.41, 5.74) is 2.52. The minimum absolute atomic E-state index is 0.0627. The smallest absolute Gasteiger partial charge is 0.338 e. The van der Waals surface area contributed by atoms with Crippen molar-refractivity contribution in [3.8, 4) is 11.5 Å². The molecule has 1 aromatic rings. The first-order valence-electron chi connectivity index (χ1n) is 11.7. The average molecular weight is 502 g/mol. The van der Waals surface area contributed by atoms with Crippen LogP contribution in [0.4, 0.5) is 0 Å². The fourth-order valence-electron chi connectivity index (χ4n) is 4.59. The molecule has 0 bridgehead atoms. The van der Waals surface area contributed by atoms with E-state index < -0.39 is 12.0 Å². The van der Waals surface area contributed by atoms with E-state index in [-0.39, 0.29) is 18.4 Å². The Hall–Kier alpha value is -2.98. The Balaban J connectivity index is 1.71. The van der Waals surface area contributed by atoms with Gasteiger partial charge in [0.2, 0.25) is 5.91 Å². The Labute approximate surface area is 209 Å². The van der Waals surface area contributed by atoms with Crippen LogP contribution in [0.3, 0.4) is 0 Å². The number of nitrogens with one attached hydrogen (secondary N) is 1. The molecule has 0 aromatic heterocycles. The monoisotopic (exact) mass is 501 g/mol. The second-order valence-corrected chi connectivity index (χ2v) is 9.13. The van der Waals surface area contributed by atoms with Crippen molar-refractivity contribution in [2.45, 2.75) is 44.8 Å². The number of allylic oxidation sites excluding steroid dienone is 1. The lowest BCUT2D eigenvalue weighted by Crippen LogP contribution is -2.39. The number of amidine groups is 1. The lowest BCUT2D eigenvalue weighted by molar-refractivity contribution is -0.136. The van der Waals surface area contributed by atoms with Gasteiger partial charge in [0.05, 0.1) is 51.2 Å². The predicted octanol–water partition coefficient (Wildman–Crippen LogP) is 3.53. The molecule has 188 valence electrons. The van der Waals surface area contributed by atoms with Crippen molar-refractivity contribution in [1.29, 1.82) is 0 Å². The summed E-state index contributed by atoms with van der Waals surface area (Å²) in [5.74, 6) is 0.466. The number of benzene rings is 1. The molecule has 3 aliphatic heterocycles. The number of esters is 1. The molecule has 9 nitrogen and oxygen atoms in total. The summed E-state index contributed by atoms with van der Waals surface area (Å²) in [6, 6.07) is 4.95. The highest BCUT2D eigenvalue weighted by Crippen LogP contribution is 2.49. The van der Waals surface area contributed by atoms with Gasteiger partial charge in [0, 0.05) is 24.4 Å². The average Bonchev–Trinajstić information content (AvgIpc) is 3.55. The zero-order valence-corrected chi connectivity index (χ0v) is 21.3. The van der Waals surface area contributed by atoms with Gasteiger partial charge in [0.1, 0.15) is 0 Å². The molecular weight excluding hydrogens is 470 g/mol. The van der Waals surface area contributed by atoms with E-state index in [1.807, 2.05) is 29.4 Å². The first-order chi connectivity index (χ1) is 17.0. The third kappa shape index (κ3) is 5.04. The second kappa shape index (κ2) is 11.2. The van der Waals surface area contributed by atoms with Crippen LogP contribution in [-0.2, 0) is 19.1 Å². The summed E-state index contributed by atoms with van der Waals surface area (Å²) in [6.45, 7) is 3.17. The molecule has 1 aromatic carbocycles. The normalized spacial score (nSPS) is 21.3. The van der Waals surface area contributed by atoms with E-state index in [1.165, 1.54) is 18.9 Å². The number of fused-ring (bicyclic) bond motifs is 1. The SMILES string of the molecule is CCC1=C(C(=O)OC)[C@@H](c2cccc(OC)c2OC)N2C(CC(=O)NC[C@@H]3CCCO3)=CSC2=N1. The van der Waals surface area contributed by atoms with Gasteiger partial charge in [-0.05, 0) is 30.7 Å². The molecule has 3 aliphatic rings. The fraction of sp³-hybridized carbons (Fsp3) is 0.480. The van der Waals surface area contributed by atoms with Crippen molar-refractivity contribution >= 4 is 28.8 Å². The van der Waals surface area contributed by atoms with Crippen LogP contribution in [0.25, 0.3) is 0 Å². The number of amides is 1. The van der Waals surface area contributed by atoms with Crippen LogP contribution in [0, 0.1) is 0 Å². The van der Waals surface area contributed by atoms with E-state index in [0.29, 0.717) is 40.9 Å². The molecule has 0 spiro atoms. The largest absolute Gasteiger partial charge is 0.493 e. The summed E-state index contributed by atoms with van der Waals surface area (Å²) in [5, 5.41) is 5.59. The Morgan fingerprint density at radius 1 is 1.26 bits per heavy atom.